The van der Waals surface area contributed by atoms with Crippen LogP contribution in [0.5, 0.6) is 0 Å². The van der Waals surface area contributed by atoms with Crippen LogP contribution in [0.15, 0.2) is 97.1 Å². The SMILES string of the molecule is C1=C(c2ccccc2)c2ccccc2[C@@H]2C=C(c3ccccc3)[C@@H]3CCCC[C@H]3[C@@H]12. The normalized spacial score (nSPS) is 27.2. The number of allylic oxidation sites excluding steroid dienone is 3. The Morgan fingerprint density at radius 2 is 1.27 bits per heavy atom. The smallest absolute Gasteiger partial charge is 0.00962 e. The summed E-state index contributed by atoms with van der Waals surface area (Å²) in [6.07, 6.45) is 10.7. The Labute approximate surface area is 180 Å². The maximum atomic E-state index is 2.64. The molecule has 0 unspecified atom stereocenters. The molecule has 3 aliphatic rings. The van der Waals surface area contributed by atoms with Crippen molar-refractivity contribution in [1.29, 1.82) is 0 Å². The van der Waals surface area contributed by atoms with Gasteiger partial charge in [-0.3, -0.25) is 0 Å². The van der Waals surface area contributed by atoms with Crippen LogP contribution in [0.3, 0.4) is 0 Å². The van der Waals surface area contributed by atoms with Gasteiger partial charge in [-0.25, -0.2) is 0 Å². The van der Waals surface area contributed by atoms with Crippen molar-refractivity contribution in [2.75, 3.05) is 0 Å². The fraction of sp³-hybridized carbons (Fsp3) is 0.267. The standard InChI is InChI=1S/C30H28/c1-3-11-21(12-4-1)27-19-29-26-18-10-8-16-24(26)28(22-13-5-2-6-14-22)20-30(29)25-17-9-7-15-23(25)27/h1-7,9,11-15,17,19-20,24,26,29-30H,8,10,16,18H2/t24-,26-,29-,30+/m1/s1. The van der Waals surface area contributed by atoms with Gasteiger partial charge in [0, 0.05) is 5.92 Å². The molecule has 3 aromatic carbocycles. The Bertz CT molecular complexity index is 1100. The summed E-state index contributed by atoms with van der Waals surface area (Å²) >= 11 is 0. The van der Waals surface area contributed by atoms with E-state index in [4.69, 9.17) is 0 Å². The van der Waals surface area contributed by atoms with Gasteiger partial charge in [0.05, 0.1) is 0 Å². The summed E-state index contributed by atoms with van der Waals surface area (Å²) in [5, 5.41) is 0. The van der Waals surface area contributed by atoms with Gasteiger partial charge in [-0.05, 0) is 64.0 Å². The zero-order chi connectivity index (χ0) is 19.9. The van der Waals surface area contributed by atoms with E-state index in [2.05, 4.69) is 97.1 Å². The highest BCUT2D eigenvalue weighted by molar-refractivity contribution is 5.85. The van der Waals surface area contributed by atoms with Crippen molar-refractivity contribution in [3.8, 4) is 0 Å². The van der Waals surface area contributed by atoms with E-state index in [9.17, 15) is 0 Å². The van der Waals surface area contributed by atoms with Crippen molar-refractivity contribution < 1.29 is 0 Å². The first-order valence-electron chi connectivity index (χ1n) is 11.5. The van der Waals surface area contributed by atoms with E-state index in [0.29, 0.717) is 17.8 Å². The van der Waals surface area contributed by atoms with Crippen LogP contribution in [0.1, 0.15) is 53.9 Å². The lowest BCUT2D eigenvalue weighted by Gasteiger charge is -2.47. The topological polar surface area (TPSA) is 0 Å². The first-order valence-corrected chi connectivity index (χ1v) is 11.5. The van der Waals surface area contributed by atoms with Gasteiger partial charge >= 0.3 is 0 Å². The van der Waals surface area contributed by atoms with Gasteiger partial charge in [-0.1, -0.05) is 110 Å². The molecule has 0 heteroatoms. The van der Waals surface area contributed by atoms with Gasteiger partial charge < -0.3 is 0 Å². The first kappa shape index (κ1) is 18.0. The molecule has 0 saturated heterocycles. The minimum absolute atomic E-state index is 0.489. The van der Waals surface area contributed by atoms with E-state index in [-0.39, 0.29) is 0 Å². The second-order valence-corrected chi connectivity index (χ2v) is 9.18. The summed E-state index contributed by atoms with van der Waals surface area (Å²) in [6, 6.07) is 31.3. The fourth-order valence-corrected chi connectivity index (χ4v) is 6.35. The van der Waals surface area contributed by atoms with E-state index < -0.39 is 0 Å². The van der Waals surface area contributed by atoms with Crippen molar-refractivity contribution in [3.63, 3.8) is 0 Å². The largest absolute Gasteiger partial charge is 0.0723 e. The Hall–Kier alpha value is -2.86. The molecule has 30 heavy (non-hydrogen) atoms. The lowest BCUT2D eigenvalue weighted by Crippen LogP contribution is -2.35. The summed E-state index contributed by atoms with van der Waals surface area (Å²) in [5.74, 6) is 2.54. The molecule has 6 rings (SSSR count). The summed E-state index contributed by atoms with van der Waals surface area (Å²) in [5.41, 5.74) is 8.77. The molecule has 3 aliphatic carbocycles. The predicted octanol–water partition coefficient (Wildman–Crippen LogP) is 7.74. The monoisotopic (exact) mass is 388 g/mol. The molecule has 0 aliphatic heterocycles. The summed E-state index contributed by atoms with van der Waals surface area (Å²) in [4.78, 5) is 0. The second-order valence-electron chi connectivity index (χ2n) is 9.18. The molecule has 3 aromatic rings. The maximum absolute atomic E-state index is 2.64. The van der Waals surface area contributed by atoms with Gasteiger partial charge in [0.25, 0.3) is 0 Å². The zero-order valence-electron chi connectivity index (χ0n) is 17.4. The summed E-state index contributed by atoms with van der Waals surface area (Å²) < 4.78 is 0. The zero-order valence-corrected chi connectivity index (χ0v) is 17.4. The van der Waals surface area contributed by atoms with Gasteiger partial charge in [0.15, 0.2) is 0 Å². The minimum Gasteiger partial charge on any atom is -0.0723 e. The van der Waals surface area contributed by atoms with Crippen LogP contribution < -0.4 is 0 Å². The Morgan fingerprint density at radius 1 is 0.600 bits per heavy atom. The first-order chi connectivity index (χ1) is 14.9. The molecule has 0 nitrogen and oxygen atoms in total. The molecular formula is C30H28. The van der Waals surface area contributed by atoms with Crippen molar-refractivity contribution in [2.45, 2.75) is 31.6 Å². The highest BCUT2D eigenvalue weighted by Crippen LogP contribution is 2.56. The van der Waals surface area contributed by atoms with Crippen LogP contribution in [0.25, 0.3) is 11.1 Å². The molecule has 0 spiro atoms. The highest BCUT2D eigenvalue weighted by Gasteiger charge is 2.43. The predicted molar refractivity (Wildman–Crippen MR) is 126 cm³/mol. The summed E-state index contributed by atoms with van der Waals surface area (Å²) in [7, 11) is 0. The van der Waals surface area contributed by atoms with E-state index in [1.807, 2.05) is 0 Å². The van der Waals surface area contributed by atoms with Crippen LogP contribution in [0.4, 0.5) is 0 Å². The third-order valence-electron chi connectivity index (χ3n) is 7.65. The van der Waals surface area contributed by atoms with Gasteiger partial charge in [0.2, 0.25) is 0 Å². The molecule has 148 valence electrons. The molecule has 0 aromatic heterocycles. The van der Waals surface area contributed by atoms with Gasteiger partial charge in [-0.15, -0.1) is 0 Å². The molecule has 0 N–H and O–H groups in total. The minimum atomic E-state index is 0.489. The fourth-order valence-electron chi connectivity index (χ4n) is 6.35. The lowest BCUT2D eigenvalue weighted by molar-refractivity contribution is 0.207. The third-order valence-corrected chi connectivity index (χ3v) is 7.65. The number of benzene rings is 3. The quantitative estimate of drug-likeness (QED) is 0.421. The van der Waals surface area contributed by atoms with Crippen molar-refractivity contribution >= 4 is 11.1 Å². The van der Waals surface area contributed by atoms with Crippen molar-refractivity contribution in [3.05, 3.63) is 119 Å². The average molecular weight is 389 g/mol. The van der Waals surface area contributed by atoms with Crippen LogP contribution in [-0.2, 0) is 0 Å². The van der Waals surface area contributed by atoms with E-state index in [1.165, 1.54) is 53.5 Å². The van der Waals surface area contributed by atoms with E-state index >= 15 is 0 Å². The molecule has 1 fully saturated rings. The Kier molecular flexibility index (Phi) is 4.45. The van der Waals surface area contributed by atoms with Crippen molar-refractivity contribution in [1.82, 2.24) is 0 Å². The maximum Gasteiger partial charge on any atom is 0.00962 e. The molecule has 0 bridgehead atoms. The van der Waals surface area contributed by atoms with Crippen LogP contribution in [0.2, 0.25) is 0 Å². The van der Waals surface area contributed by atoms with Gasteiger partial charge in [0.1, 0.15) is 0 Å². The number of hydrogen-bond acceptors (Lipinski definition) is 0. The molecular weight excluding hydrogens is 360 g/mol. The van der Waals surface area contributed by atoms with Crippen molar-refractivity contribution in [2.24, 2.45) is 17.8 Å². The molecule has 4 atom stereocenters. The Balaban J connectivity index is 1.55. The Morgan fingerprint density at radius 3 is 2.07 bits per heavy atom. The third kappa shape index (κ3) is 2.89. The molecule has 1 saturated carbocycles. The van der Waals surface area contributed by atoms with Crippen LogP contribution >= 0.6 is 0 Å². The average Bonchev–Trinajstić information content (AvgIpc) is 2.84. The number of fused-ring (bicyclic) bond motifs is 5. The van der Waals surface area contributed by atoms with Crippen LogP contribution in [-0.4, -0.2) is 0 Å². The number of rotatable bonds is 2. The van der Waals surface area contributed by atoms with E-state index in [1.54, 1.807) is 5.57 Å². The second kappa shape index (κ2) is 7.43. The molecule has 0 heterocycles. The van der Waals surface area contributed by atoms with Gasteiger partial charge in [-0.2, -0.15) is 0 Å². The summed E-state index contributed by atoms with van der Waals surface area (Å²) in [6.45, 7) is 0. The molecule has 0 amide bonds. The lowest BCUT2D eigenvalue weighted by atomic mass is 9.57. The highest BCUT2D eigenvalue weighted by atomic mass is 14.5. The van der Waals surface area contributed by atoms with E-state index in [0.717, 1.165) is 5.92 Å². The molecule has 0 radical (unpaired) electrons. The number of hydrogen-bond donors (Lipinski definition) is 0. The van der Waals surface area contributed by atoms with Crippen LogP contribution in [0, 0.1) is 17.8 Å².